The summed E-state index contributed by atoms with van der Waals surface area (Å²) in [5.74, 6) is -1.50. The summed E-state index contributed by atoms with van der Waals surface area (Å²) in [5.41, 5.74) is 0.777. The van der Waals surface area contributed by atoms with Crippen molar-refractivity contribution in [3.63, 3.8) is 0 Å². The number of carboxylic acids is 1. The van der Waals surface area contributed by atoms with E-state index in [1.54, 1.807) is 6.92 Å². The molecule has 0 aliphatic carbocycles. The van der Waals surface area contributed by atoms with Gasteiger partial charge in [0.2, 0.25) is 5.91 Å². The first-order valence-corrected chi connectivity index (χ1v) is 5.34. The van der Waals surface area contributed by atoms with Gasteiger partial charge in [0.25, 0.3) is 0 Å². The van der Waals surface area contributed by atoms with E-state index in [1.807, 2.05) is 0 Å². The largest absolute Gasteiger partial charge is 0.478 e. The maximum Gasteiger partial charge on any atom is 0.339 e. The Hall–Kier alpha value is -1.86. The quantitative estimate of drug-likeness (QED) is 0.621. The number of H-pyrrole nitrogens is 1. The van der Waals surface area contributed by atoms with Crippen LogP contribution in [0.15, 0.2) is 6.20 Å². The molecule has 0 atom stereocenters. The summed E-state index contributed by atoms with van der Waals surface area (Å²) in [5, 5.41) is 11.4. The average Bonchev–Trinajstić information content (AvgIpc) is 2.66. The van der Waals surface area contributed by atoms with Crippen LogP contribution in [0, 0.1) is 6.92 Å². The van der Waals surface area contributed by atoms with Crippen molar-refractivity contribution in [3.05, 3.63) is 17.5 Å². The van der Waals surface area contributed by atoms with Gasteiger partial charge in [-0.2, -0.15) is 0 Å². The van der Waals surface area contributed by atoms with E-state index in [0.717, 1.165) is 0 Å². The Bertz CT molecular complexity index is 427. The van der Waals surface area contributed by atoms with Crippen molar-refractivity contribution in [2.24, 2.45) is 0 Å². The summed E-state index contributed by atoms with van der Waals surface area (Å²) in [6.45, 7) is 2.18. The lowest BCUT2D eigenvalue weighted by molar-refractivity contribution is -0.121. The Balaban J connectivity index is 2.52. The number of ether oxygens (including phenoxy) is 2. The summed E-state index contributed by atoms with van der Waals surface area (Å²) in [4.78, 5) is 25.2. The van der Waals surface area contributed by atoms with Crippen LogP contribution < -0.4 is 5.32 Å². The molecule has 1 aromatic rings. The molecule has 0 fully saturated rings. The highest BCUT2D eigenvalue weighted by Crippen LogP contribution is 2.18. The van der Waals surface area contributed by atoms with Crippen LogP contribution in [-0.2, 0) is 14.3 Å². The molecule has 1 rings (SSSR count). The van der Waals surface area contributed by atoms with Gasteiger partial charge in [0.05, 0.1) is 18.9 Å². The molecule has 1 aromatic heterocycles. The second-order valence-corrected chi connectivity index (χ2v) is 3.60. The van der Waals surface area contributed by atoms with Gasteiger partial charge in [-0.3, -0.25) is 4.79 Å². The van der Waals surface area contributed by atoms with Gasteiger partial charge in [-0.15, -0.1) is 0 Å². The molecule has 0 saturated heterocycles. The third-order valence-electron chi connectivity index (χ3n) is 2.23. The number of nitrogens with one attached hydrogen (secondary N) is 2. The van der Waals surface area contributed by atoms with Crippen LogP contribution in [0.25, 0.3) is 0 Å². The number of carboxylic acid groups (broad SMARTS) is 1. The Labute approximate surface area is 104 Å². The number of hydrogen-bond donors (Lipinski definition) is 3. The number of aromatic nitrogens is 1. The van der Waals surface area contributed by atoms with Gasteiger partial charge < -0.3 is 24.9 Å². The number of methoxy groups -OCH3 is 1. The molecule has 0 aliphatic rings. The van der Waals surface area contributed by atoms with Crippen molar-refractivity contribution in [3.8, 4) is 0 Å². The number of carbonyl (C=O) groups is 2. The lowest BCUT2D eigenvalue weighted by Crippen LogP contribution is -2.20. The number of amides is 1. The number of aromatic amines is 1. The van der Waals surface area contributed by atoms with Crippen LogP contribution >= 0.6 is 0 Å². The lowest BCUT2D eigenvalue weighted by Gasteiger charge is -2.05. The van der Waals surface area contributed by atoms with Crippen LogP contribution in [0.2, 0.25) is 0 Å². The molecule has 0 bridgehead atoms. The van der Waals surface area contributed by atoms with Crippen LogP contribution in [-0.4, -0.2) is 48.9 Å². The topological polar surface area (TPSA) is 101 Å². The standard InChI is InChI=1S/C11H16N2O5/c1-7-10(11(15)16)8(5-12-7)13-9(14)6-18-4-3-17-2/h5,12H,3-4,6H2,1-2H3,(H,13,14)(H,15,16). The summed E-state index contributed by atoms with van der Waals surface area (Å²) in [7, 11) is 1.53. The number of rotatable bonds is 7. The van der Waals surface area contributed by atoms with Crippen LogP contribution in [0.5, 0.6) is 0 Å². The fourth-order valence-electron chi connectivity index (χ4n) is 1.39. The van der Waals surface area contributed by atoms with Crippen molar-refractivity contribution >= 4 is 17.6 Å². The number of hydrogen-bond acceptors (Lipinski definition) is 4. The predicted molar refractivity (Wildman–Crippen MR) is 63.8 cm³/mol. The van der Waals surface area contributed by atoms with Gasteiger partial charge in [0.15, 0.2) is 0 Å². The summed E-state index contributed by atoms with van der Waals surface area (Å²) < 4.78 is 9.78. The average molecular weight is 256 g/mol. The van der Waals surface area contributed by atoms with E-state index < -0.39 is 11.9 Å². The number of carbonyl (C=O) groups excluding carboxylic acids is 1. The van der Waals surface area contributed by atoms with Gasteiger partial charge in [0.1, 0.15) is 12.2 Å². The smallest absolute Gasteiger partial charge is 0.339 e. The van der Waals surface area contributed by atoms with E-state index in [-0.39, 0.29) is 17.9 Å². The van der Waals surface area contributed by atoms with E-state index in [2.05, 4.69) is 10.3 Å². The van der Waals surface area contributed by atoms with Crippen molar-refractivity contribution < 1.29 is 24.2 Å². The Morgan fingerprint density at radius 3 is 2.78 bits per heavy atom. The molecule has 1 heterocycles. The SMILES string of the molecule is COCCOCC(=O)Nc1c[nH]c(C)c1C(=O)O. The molecule has 18 heavy (non-hydrogen) atoms. The van der Waals surface area contributed by atoms with E-state index in [4.69, 9.17) is 14.6 Å². The van der Waals surface area contributed by atoms with Gasteiger partial charge in [-0.25, -0.2) is 4.79 Å². The third kappa shape index (κ3) is 3.86. The zero-order valence-electron chi connectivity index (χ0n) is 10.3. The predicted octanol–water partition coefficient (Wildman–Crippen LogP) is 0.623. The first kappa shape index (κ1) is 14.2. The second kappa shape index (κ2) is 6.77. The van der Waals surface area contributed by atoms with Gasteiger partial charge in [-0.1, -0.05) is 0 Å². The lowest BCUT2D eigenvalue weighted by atomic mass is 10.2. The van der Waals surface area contributed by atoms with Crippen LogP contribution in [0.1, 0.15) is 16.1 Å². The summed E-state index contributed by atoms with van der Waals surface area (Å²) in [6, 6.07) is 0. The monoisotopic (exact) mass is 256 g/mol. The van der Waals surface area contributed by atoms with E-state index in [1.165, 1.54) is 13.3 Å². The molecule has 0 saturated carbocycles. The molecule has 1 amide bonds. The first-order valence-electron chi connectivity index (χ1n) is 5.34. The normalized spacial score (nSPS) is 10.3. The van der Waals surface area contributed by atoms with Gasteiger partial charge in [-0.05, 0) is 6.92 Å². The van der Waals surface area contributed by atoms with Gasteiger partial charge >= 0.3 is 5.97 Å². The van der Waals surface area contributed by atoms with Crippen molar-refractivity contribution in [1.29, 1.82) is 0 Å². The minimum atomic E-state index is -1.09. The van der Waals surface area contributed by atoms with Crippen LogP contribution in [0.4, 0.5) is 5.69 Å². The zero-order valence-corrected chi connectivity index (χ0v) is 10.3. The Kier molecular flexibility index (Phi) is 5.34. The molecule has 0 unspecified atom stereocenters. The minimum Gasteiger partial charge on any atom is -0.478 e. The molecular formula is C11H16N2O5. The molecule has 0 aliphatic heterocycles. The van der Waals surface area contributed by atoms with E-state index in [9.17, 15) is 9.59 Å². The summed E-state index contributed by atoms with van der Waals surface area (Å²) in [6.07, 6.45) is 1.44. The van der Waals surface area contributed by atoms with Crippen LogP contribution in [0.3, 0.4) is 0 Å². The maximum absolute atomic E-state index is 11.5. The van der Waals surface area contributed by atoms with E-state index >= 15 is 0 Å². The second-order valence-electron chi connectivity index (χ2n) is 3.60. The van der Waals surface area contributed by atoms with Gasteiger partial charge in [0, 0.05) is 19.0 Å². The highest BCUT2D eigenvalue weighted by Gasteiger charge is 2.16. The maximum atomic E-state index is 11.5. The number of aromatic carboxylic acids is 1. The van der Waals surface area contributed by atoms with Crippen molar-refractivity contribution in [2.75, 3.05) is 32.2 Å². The molecule has 3 N–H and O–H groups in total. The molecule has 0 radical (unpaired) electrons. The highest BCUT2D eigenvalue weighted by molar-refractivity contribution is 6.01. The zero-order chi connectivity index (χ0) is 13.5. The number of aryl methyl sites for hydroxylation is 1. The Morgan fingerprint density at radius 2 is 2.17 bits per heavy atom. The molecular weight excluding hydrogens is 240 g/mol. The summed E-state index contributed by atoms with van der Waals surface area (Å²) >= 11 is 0. The number of anilines is 1. The third-order valence-corrected chi connectivity index (χ3v) is 2.23. The molecule has 7 nitrogen and oxygen atoms in total. The van der Waals surface area contributed by atoms with Crippen molar-refractivity contribution in [1.82, 2.24) is 4.98 Å². The highest BCUT2D eigenvalue weighted by atomic mass is 16.5. The van der Waals surface area contributed by atoms with Crippen molar-refractivity contribution in [2.45, 2.75) is 6.92 Å². The molecule has 0 aromatic carbocycles. The fourth-order valence-corrected chi connectivity index (χ4v) is 1.39. The van der Waals surface area contributed by atoms with E-state index in [0.29, 0.717) is 18.9 Å². The molecule has 100 valence electrons. The first-order chi connectivity index (χ1) is 8.56. The Morgan fingerprint density at radius 1 is 1.44 bits per heavy atom. The fraction of sp³-hybridized carbons (Fsp3) is 0.455. The molecule has 0 spiro atoms. The minimum absolute atomic E-state index is 0.0558. The molecule has 7 heteroatoms.